The Bertz CT molecular complexity index is 565. The first kappa shape index (κ1) is 14.1. The van der Waals surface area contributed by atoms with Gasteiger partial charge < -0.3 is 5.11 Å². The first-order valence-electron chi connectivity index (χ1n) is 6.27. The lowest BCUT2D eigenvalue weighted by Gasteiger charge is -2.25. The van der Waals surface area contributed by atoms with E-state index in [1.54, 1.807) is 17.9 Å². The molecule has 1 heterocycles. The van der Waals surface area contributed by atoms with Crippen molar-refractivity contribution in [1.82, 2.24) is 9.78 Å². The van der Waals surface area contributed by atoms with E-state index in [9.17, 15) is 5.11 Å². The van der Waals surface area contributed by atoms with Gasteiger partial charge in [0.2, 0.25) is 0 Å². The Kier molecular flexibility index (Phi) is 3.70. The quantitative estimate of drug-likeness (QED) is 0.914. The van der Waals surface area contributed by atoms with Crippen molar-refractivity contribution in [2.24, 2.45) is 7.05 Å². The second-order valence-electron chi connectivity index (χ2n) is 5.74. The zero-order valence-electron chi connectivity index (χ0n) is 11.7. The predicted octanol–water partition coefficient (Wildman–Crippen LogP) is 3.45. The number of aliphatic hydroxyl groups excluding tert-OH is 1. The monoisotopic (exact) mass is 278 g/mol. The molecule has 2 rings (SSSR count). The summed E-state index contributed by atoms with van der Waals surface area (Å²) in [5.41, 5.74) is 2.57. The van der Waals surface area contributed by atoms with Crippen LogP contribution in [-0.4, -0.2) is 14.9 Å². The minimum atomic E-state index is -0.768. The highest BCUT2D eigenvalue weighted by molar-refractivity contribution is 6.31. The van der Waals surface area contributed by atoms with Gasteiger partial charge in [-0.25, -0.2) is 0 Å². The summed E-state index contributed by atoms with van der Waals surface area (Å²) in [6, 6.07) is 7.90. The first-order valence-corrected chi connectivity index (χ1v) is 6.65. The predicted molar refractivity (Wildman–Crippen MR) is 77.4 cm³/mol. The maximum absolute atomic E-state index is 10.6. The number of hydrogen-bond donors (Lipinski definition) is 1. The van der Waals surface area contributed by atoms with Crippen LogP contribution in [0.25, 0.3) is 0 Å². The highest BCUT2D eigenvalue weighted by Gasteiger charge is 2.25. The second kappa shape index (κ2) is 4.99. The number of hydrogen-bond acceptors (Lipinski definition) is 2. The molecule has 0 spiro atoms. The molecule has 0 saturated heterocycles. The minimum Gasteiger partial charge on any atom is -0.382 e. The molecule has 102 valence electrons. The van der Waals surface area contributed by atoms with Gasteiger partial charge in [-0.1, -0.05) is 56.6 Å². The number of aromatic nitrogens is 2. The molecule has 0 aliphatic heterocycles. The molecule has 1 aromatic heterocycles. The lowest BCUT2D eigenvalue weighted by Crippen LogP contribution is -2.17. The molecule has 0 aliphatic rings. The topological polar surface area (TPSA) is 38.0 Å². The van der Waals surface area contributed by atoms with Crippen molar-refractivity contribution in [2.75, 3.05) is 0 Å². The number of aliphatic hydroxyl groups is 1. The maximum Gasteiger partial charge on any atom is 0.122 e. The lowest BCUT2D eigenvalue weighted by molar-refractivity contribution is 0.207. The summed E-state index contributed by atoms with van der Waals surface area (Å²) in [5.74, 6) is 0. The van der Waals surface area contributed by atoms with E-state index in [-0.39, 0.29) is 5.41 Å². The molecule has 1 atom stereocenters. The molecular weight excluding hydrogens is 260 g/mol. The van der Waals surface area contributed by atoms with E-state index in [2.05, 4.69) is 25.9 Å². The van der Waals surface area contributed by atoms with Gasteiger partial charge in [0, 0.05) is 7.05 Å². The van der Waals surface area contributed by atoms with Gasteiger partial charge in [-0.05, 0) is 16.5 Å². The van der Waals surface area contributed by atoms with Crippen LogP contribution >= 0.6 is 11.6 Å². The fourth-order valence-electron chi connectivity index (χ4n) is 2.29. The largest absolute Gasteiger partial charge is 0.382 e. The Balaban J connectivity index is 2.54. The Morgan fingerprint density at radius 1 is 1.26 bits per heavy atom. The van der Waals surface area contributed by atoms with Gasteiger partial charge in [0.15, 0.2) is 0 Å². The van der Waals surface area contributed by atoms with Crippen LogP contribution in [0.15, 0.2) is 30.5 Å². The van der Waals surface area contributed by atoms with Crippen LogP contribution in [0.3, 0.4) is 0 Å². The molecule has 0 bridgehead atoms. The normalized spacial score (nSPS) is 13.6. The van der Waals surface area contributed by atoms with Gasteiger partial charge in [0.25, 0.3) is 0 Å². The Morgan fingerprint density at radius 2 is 1.89 bits per heavy atom. The van der Waals surface area contributed by atoms with Crippen molar-refractivity contribution >= 4 is 11.6 Å². The summed E-state index contributed by atoms with van der Waals surface area (Å²) < 4.78 is 1.62. The van der Waals surface area contributed by atoms with Crippen molar-refractivity contribution in [1.29, 1.82) is 0 Å². The molecule has 0 fully saturated rings. The zero-order valence-corrected chi connectivity index (χ0v) is 12.4. The number of aryl methyl sites for hydroxylation is 1. The summed E-state index contributed by atoms with van der Waals surface area (Å²) in [6.45, 7) is 6.39. The van der Waals surface area contributed by atoms with Crippen molar-refractivity contribution in [3.05, 3.63) is 52.3 Å². The van der Waals surface area contributed by atoms with Gasteiger partial charge >= 0.3 is 0 Å². The minimum absolute atomic E-state index is 0.0390. The van der Waals surface area contributed by atoms with Crippen LogP contribution in [0.5, 0.6) is 0 Å². The van der Waals surface area contributed by atoms with E-state index in [1.165, 1.54) is 0 Å². The Hall–Kier alpha value is -1.32. The highest BCUT2D eigenvalue weighted by Crippen LogP contribution is 2.34. The van der Waals surface area contributed by atoms with Crippen LogP contribution in [-0.2, 0) is 12.5 Å². The molecule has 0 aliphatic carbocycles. The summed E-state index contributed by atoms with van der Waals surface area (Å²) in [6.07, 6.45) is 0.787. The van der Waals surface area contributed by atoms with Gasteiger partial charge in [-0.15, -0.1) is 0 Å². The van der Waals surface area contributed by atoms with Crippen LogP contribution in [0.1, 0.15) is 43.7 Å². The number of rotatable bonds is 2. The van der Waals surface area contributed by atoms with Crippen molar-refractivity contribution in [3.63, 3.8) is 0 Å². The number of benzene rings is 1. The van der Waals surface area contributed by atoms with Crippen LogP contribution in [0.4, 0.5) is 0 Å². The van der Waals surface area contributed by atoms with Gasteiger partial charge in [-0.3, -0.25) is 4.68 Å². The standard InChI is InChI=1S/C15H19ClN2O/c1-15(2,3)11-8-6-5-7-10(11)14(19)13-12(16)9-17-18(13)4/h5-9,14,19H,1-4H3. The molecule has 1 unspecified atom stereocenters. The smallest absolute Gasteiger partial charge is 0.122 e. The molecule has 3 nitrogen and oxygen atoms in total. The molecular formula is C15H19ClN2O. The van der Waals surface area contributed by atoms with Crippen LogP contribution < -0.4 is 0 Å². The first-order chi connectivity index (χ1) is 8.82. The molecule has 0 radical (unpaired) electrons. The van der Waals surface area contributed by atoms with Gasteiger partial charge in [-0.2, -0.15) is 5.10 Å². The highest BCUT2D eigenvalue weighted by atomic mass is 35.5. The lowest BCUT2D eigenvalue weighted by atomic mass is 9.82. The molecule has 4 heteroatoms. The fraction of sp³-hybridized carbons (Fsp3) is 0.400. The van der Waals surface area contributed by atoms with E-state index < -0.39 is 6.10 Å². The van der Waals surface area contributed by atoms with E-state index in [0.717, 1.165) is 11.1 Å². The van der Waals surface area contributed by atoms with Gasteiger partial charge in [0.05, 0.1) is 16.9 Å². The van der Waals surface area contributed by atoms with Crippen molar-refractivity contribution in [3.8, 4) is 0 Å². The summed E-state index contributed by atoms with van der Waals surface area (Å²) in [5, 5.41) is 15.2. The average molecular weight is 279 g/mol. The molecule has 0 amide bonds. The maximum atomic E-state index is 10.6. The number of halogens is 1. The second-order valence-corrected chi connectivity index (χ2v) is 6.15. The summed E-state index contributed by atoms with van der Waals surface area (Å²) in [4.78, 5) is 0. The Labute approximate surface area is 118 Å². The Morgan fingerprint density at radius 3 is 2.42 bits per heavy atom. The van der Waals surface area contributed by atoms with Crippen molar-refractivity contribution in [2.45, 2.75) is 32.3 Å². The molecule has 1 aromatic carbocycles. The van der Waals surface area contributed by atoms with E-state index in [4.69, 9.17) is 11.6 Å². The molecule has 2 aromatic rings. The third kappa shape index (κ3) is 2.67. The van der Waals surface area contributed by atoms with Crippen LogP contribution in [0, 0.1) is 0 Å². The van der Waals surface area contributed by atoms with E-state index in [1.807, 2.05) is 24.3 Å². The average Bonchev–Trinajstić information content (AvgIpc) is 2.67. The third-order valence-electron chi connectivity index (χ3n) is 3.26. The summed E-state index contributed by atoms with van der Waals surface area (Å²) in [7, 11) is 1.78. The molecule has 1 N–H and O–H groups in total. The van der Waals surface area contributed by atoms with E-state index >= 15 is 0 Å². The fourth-order valence-corrected chi connectivity index (χ4v) is 2.56. The third-order valence-corrected chi connectivity index (χ3v) is 3.55. The van der Waals surface area contributed by atoms with Crippen molar-refractivity contribution < 1.29 is 5.11 Å². The zero-order chi connectivity index (χ0) is 14.2. The van der Waals surface area contributed by atoms with E-state index in [0.29, 0.717) is 10.7 Å². The van der Waals surface area contributed by atoms with Gasteiger partial charge in [0.1, 0.15) is 6.10 Å². The molecule has 0 saturated carbocycles. The molecule has 19 heavy (non-hydrogen) atoms. The number of nitrogens with zero attached hydrogens (tertiary/aromatic N) is 2. The summed E-state index contributed by atoms with van der Waals surface area (Å²) >= 11 is 6.11. The SMILES string of the molecule is Cn1ncc(Cl)c1C(O)c1ccccc1C(C)(C)C. The van der Waals surface area contributed by atoms with Crippen LogP contribution in [0.2, 0.25) is 5.02 Å².